The number of aromatic nitrogens is 3. The number of fused-ring (bicyclic) bond motifs is 2. The number of thiazole rings is 1. The summed E-state index contributed by atoms with van der Waals surface area (Å²) in [6.45, 7) is 0.162. The number of nitrogens with two attached hydrogens (primary N) is 2. The van der Waals surface area contributed by atoms with Gasteiger partial charge in [0, 0.05) is 28.7 Å². The average Bonchev–Trinajstić information content (AvgIpc) is 3.87. The zero-order valence-corrected chi connectivity index (χ0v) is 31.2. The van der Waals surface area contributed by atoms with Crippen molar-refractivity contribution in [3.63, 3.8) is 0 Å². The van der Waals surface area contributed by atoms with Gasteiger partial charge in [-0.25, -0.2) is 19.1 Å². The molecule has 2 amide bonds. The molecule has 1 fully saturated rings. The molecule has 20 heteroatoms. The molecule has 4 heterocycles. The number of rotatable bonds is 13. The van der Waals surface area contributed by atoms with Crippen LogP contribution in [-0.4, -0.2) is 83.9 Å². The number of nitrogens with one attached hydrogen (secondary N) is 1. The molecule has 0 bridgehead atoms. The summed E-state index contributed by atoms with van der Waals surface area (Å²) in [6, 6.07) is 9.09. The molecule has 0 radical (unpaired) electrons. The predicted molar refractivity (Wildman–Crippen MR) is 200 cm³/mol. The number of esters is 1. The number of β-lactam (4-membered cyclic amide) rings is 1. The predicted octanol–water partition coefficient (Wildman–Crippen LogP) is 1.54. The molecule has 2 aromatic carbocycles. The molecule has 3 aliphatic rings. The van der Waals surface area contributed by atoms with E-state index in [0.717, 1.165) is 54.0 Å². The third-order valence-electron chi connectivity index (χ3n) is 9.35. The summed E-state index contributed by atoms with van der Waals surface area (Å²) in [5, 5.41) is 36.7. The van der Waals surface area contributed by atoms with Gasteiger partial charge in [0.2, 0.25) is 11.9 Å². The monoisotopic (exact) mass is 803 g/mol. The zero-order chi connectivity index (χ0) is 39.7. The van der Waals surface area contributed by atoms with Gasteiger partial charge in [-0.05, 0) is 47.7 Å². The molecule has 1 saturated heterocycles. The number of amides is 2. The molecular formula is C36H35N8O10S2+. The van der Waals surface area contributed by atoms with Gasteiger partial charge in [-0.3, -0.25) is 14.5 Å². The average molecular weight is 804 g/mol. The third kappa shape index (κ3) is 7.47. The summed E-state index contributed by atoms with van der Waals surface area (Å²) in [7, 11) is 1.54. The second-order valence-electron chi connectivity index (χ2n) is 12.9. The molecule has 290 valence electrons. The number of aromatic hydroxyl groups is 2. The Labute approximate surface area is 326 Å². The highest BCUT2D eigenvalue weighted by molar-refractivity contribution is 8.00. The van der Waals surface area contributed by atoms with E-state index in [1.165, 1.54) is 28.1 Å². The fourth-order valence-corrected chi connectivity index (χ4v) is 8.43. The van der Waals surface area contributed by atoms with Gasteiger partial charge in [0.05, 0.1) is 12.7 Å². The Morgan fingerprint density at radius 1 is 1.12 bits per heavy atom. The van der Waals surface area contributed by atoms with E-state index in [1.807, 2.05) is 4.57 Å². The lowest BCUT2D eigenvalue weighted by Gasteiger charge is -2.49. The van der Waals surface area contributed by atoms with E-state index in [1.54, 1.807) is 37.7 Å². The minimum atomic E-state index is -1.82. The quantitative estimate of drug-likeness (QED) is 0.0280. The Kier molecular flexibility index (Phi) is 10.7. The summed E-state index contributed by atoms with van der Waals surface area (Å²) in [4.78, 5) is 68.9. The van der Waals surface area contributed by atoms with Gasteiger partial charge in [-0.2, -0.15) is 0 Å². The van der Waals surface area contributed by atoms with E-state index < -0.39 is 58.5 Å². The highest BCUT2D eigenvalue weighted by Crippen LogP contribution is 2.41. The molecule has 1 aliphatic carbocycles. The molecule has 18 nitrogen and oxygen atoms in total. The molecule has 0 spiro atoms. The van der Waals surface area contributed by atoms with Crippen LogP contribution in [0.5, 0.6) is 17.2 Å². The van der Waals surface area contributed by atoms with Gasteiger partial charge in [0.15, 0.2) is 22.3 Å². The van der Waals surface area contributed by atoms with Gasteiger partial charge in [0.25, 0.3) is 18.1 Å². The van der Waals surface area contributed by atoms with Crippen LogP contribution in [-0.2, 0) is 54.7 Å². The number of thioether (sulfide) groups is 1. The number of oxime groups is 1. The number of hydrogen-bond acceptors (Lipinski definition) is 16. The first kappa shape index (κ1) is 37.9. The number of nitrogens with zero attached hydrogens (tertiary/aromatic N) is 5. The Hall–Kier alpha value is -6.41. The Balaban J connectivity index is 1.15. The molecule has 3 atom stereocenters. The first-order valence-electron chi connectivity index (χ1n) is 17.1. The number of nitrogen functional groups attached to an aromatic ring is 2. The second-order valence-corrected chi connectivity index (χ2v) is 14.9. The molecule has 4 aromatic rings. The van der Waals surface area contributed by atoms with Crippen molar-refractivity contribution < 1.29 is 53.4 Å². The summed E-state index contributed by atoms with van der Waals surface area (Å²) in [6.07, 6.45) is 2.28. The highest BCUT2D eigenvalue weighted by atomic mass is 32.2. The van der Waals surface area contributed by atoms with Crippen molar-refractivity contribution in [1.82, 2.24) is 20.2 Å². The Bertz CT molecular complexity index is 2300. The van der Waals surface area contributed by atoms with Crippen LogP contribution in [0.2, 0.25) is 0 Å². The maximum absolute atomic E-state index is 14.0. The van der Waals surface area contributed by atoms with Crippen molar-refractivity contribution in [2.75, 3.05) is 24.3 Å². The Morgan fingerprint density at radius 3 is 2.61 bits per heavy atom. The summed E-state index contributed by atoms with van der Waals surface area (Å²) in [5.41, 5.74) is 14.7. The number of ether oxygens (including phenoxy) is 2. The third-order valence-corrected chi connectivity index (χ3v) is 11.4. The molecule has 8 N–H and O–H groups in total. The van der Waals surface area contributed by atoms with Crippen molar-refractivity contribution in [2.45, 2.75) is 49.9 Å². The van der Waals surface area contributed by atoms with Crippen molar-refractivity contribution in [2.24, 2.45) is 5.16 Å². The number of carboxylic acids is 1. The Morgan fingerprint density at radius 2 is 1.91 bits per heavy atom. The molecular weight excluding hydrogens is 769 g/mol. The van der Waals surface area contributed by atoms with Crippen molar-refractivity contribution in [3.05, 3.63) is 93.5 Å². The standard InChI is InChI=1S/C36H34N8O10S2/c1-52-20-8-5-17(6-9-20)13-53-35(51)28-19(12-43-16-39-30(37)21-3-2-4-23(21)43)14-55-33-27(32(48)44(28)33)41-31(47)26(22-15-56-36(38)40-22)42-54-29(34(49)50)18-7-10-24(45)25(46)11-18/h5-11,15-16,27,29,33,37H,2-4,12-14H2,1H3,(H6,38,40,41,42,45,46,47,49,50)/p+1/t27-,29+,33-/m1/s1. The number of carboxylic acid groups (broad SMARTS) is 1. The first-order chi connectivity index (χ1) is 26.9. The van der Waals surface area contributed by atoms with Crippen LogP contribution in [0, 0.1) is 0 Å². The minimum absolute atomic E-state index is 0.0554. The van der Waals surface area contributed by atoms with E-state index >= 15 is 0 Å². The smallest absolute Gasteiger partial charge is 0.355 e. The maximum atomic E-state index is 14.0. The summed E-state index contributed by atoms with van der Waals surface area (Å²) < 4.78 is 12.9. The fourth-order valence-electron chi connectivity index (χ4n) is 6.54. The van der Waals surface area contributed by atoms with Crippen LogP contribution >= 0.6 is 23.1 Å². The van der Waals surface area contributed by atoms with Crippen molar-refractivity contribution in [3.8, 4) is 17.2 Å². The highest BCUT2D eigenvalue weighted by Gasteiger charge is 2.55. The number of phenols is 2. The number of benzene rings is 2. The number of carbonyl (C=O) groups is 4. The molecule has 2 aromatic heterocycles. The number of hydrogen-bond donors (Lipinski definition) is 6. The lowest BCUT2D eigenvalue weighted by atomic mass is 10.0. The normalized spacial score (nSPS) is 18.1. The first-order valence-corrected chi connectivity index (χ1v) is 19.0. The lowest BCUT2D eigenvalue weighted by Crippen LogP contribution is -2.71. The van der Waals surface area contributed by atoms with Crippen LogP contribution in [0.1, 0.15) is 40.6 Å². The van der Waals surface area contributed by atoms with Crippen LogP contribution in [0.3, 0.4) is 0 Å². The largest absolute Gasteiger partial charge is 0.504 e. The lowest BCUT2D eigenvalue weighted by molar-refractivity contribution is -0.698. The summed E-state index contributed by atoms with van der Waals surface area (Å²) in [5.74, 6) is -3.48. The van der Waals surface area contributed by atoms with E-state index in [2.05, 4.69) is 20.4 Å². The van der Waals surface area contributed by atoms with E-state index in [9.17, 15) is 34.5 Å². The SMILES string of the molecule is COc1ccc(COC(=O)C2=C(C[n+]3cnc(N)c4c3CCC4)CS[C@@H]3[C@H](NC(=O)/C(=N\O[C@H](C(=O)O)c4ccc(O)c(O)c4)c4csc(N)n4)C(=O)N23)cc1. The van der Waals surface area contributed by atoms with Crippen LogP contribution in [0.4, 0.5) is 10.9 Å². The van der Waals surface area contributed by atoms with Gasteiger partial charge in [-0.15, -0.1) is 23.1 Å². The fraction of sp³-hybridized carbons (Fsp3) is 0.278. The van der Waals surface area contributed by atoms with Crippen LogP contribution in [0.15, 0.2) is 70.6 Å². The summed E-state index contributed by atoms with van der Waals surface area (Å²) >= 11 is 2.31. The van der Waals surface area contributed by atoms with Gasteiger partial charge in [0.1, 0.15) is 47.4 Å². The number of anilines is 2. The molecule has 7 rings (SSSR count). The molecule has 56 heavy (non-hydrogen) atoms. The maximum Gasteiger partial charge on any atom is 0.355 e. The molecule has 0 unspecified atom stereocenters. The van der Waals surface area contributed by atoms with Crippen LogP contribution < -0.4 is 26.1 Å². The van der Waals surface area contributed by atoms with Crippen molar-refractivity contribution >= 4 is 63.5 Å². The van der Waals surface area contributed by atoms with Crippen molar-refractivity contribution in [1.29, 1.82) is 0 Å². The topological polar surface area (TPSA) is 266 Å². The molecule has 2 aliphatic heterocycles. The van der Waals surface area contributed by atoms with Gasteiger partial charge in [-0.1, -0.05) is 23.4 Å². The number of phenolic OH excluding ortho intramolecular Hbond substituents is 2. The van der Waals surface area contributed by atoms with Crippen LogP contribution in [0.25, 0.3) is 0 Å². The van der Waals surface area contributed by atoms with Gasteiger partial charge >= 0.3 is 11.9 Å². The van der Waals surface area contributed by atoms with E-state index in [-0.39, 0.29) is 35.2 Å². The molecule has 0 saturated carbocycles. The number of carbonyl (C=O) groups excluding carboxylic acids is 3. The van der Waals surface area contributed by atoms with Gasteiger partial charge < -0.3 is 46.4 Å². The zero-order valence-electron chi connectivity index (χ0n) is 29.6. The van der Waals surface area contributed by atoms with E-state index in [0.29, 0.717) is 28.5 Å². The second kappa shape index (κ2) is 15.7. The minimum Gasteiger partial charge on any atom is -0.504 e. The number of aliphatic carboxylic acids is 1. The van der Waals surface area contributed by atoms with E-state index in [4.69, 9.17) is 25.8 Å². The number of methoxy groups -OCH3 is 1.